The molecule has 66 valence electrons. The molecule has 0 fully saturated rings. The van der Waals surface area contributed by atoms with Gasteiger partial charge in [-0.25, -0.2) is 4.98 Å². The first-order chi connectivity index (χ1) is 6.18. The highest BCUT2D eigenvalue weighted by molar-refractivity contribution is 6.36. The number of hydrogen-bond donors (Lipinski definition) is 1. The Labute approximate surface area is 81.3 Å². The third-order valence-electron chi connectivity index (χ3n) is 2.02. The fourth-order valence-corrected chi connectivity index (χ4v) is 1.52. The summed E-state index contributed by atoms with van der Waals surface area (Å²) in [5, 5.41) is 1.71. The van der Waals surface area contributed by atoms with E-state index in [1.165, 1.54) is 0 Å². The zero-order valence-corrected chi connectivity index (χ0v) is 7.97. The second kappa shape index (κ2) is 2.89. The molecule has 0 saturated carbocycles. The van der Waals surface area contributed by atoms with Crippen molar-refractivity contribution in [2.24, 2.45) is 0 Å². The summed E-state index contributed by atoms with van der Waals surface area (Å²) in [7, 11) is 0. The summed E-state index contributed by atoms with van der Waals surface area (Å²) in [5.41, 5.74) is 7.46. The van der Waals surface area contributed by atoms with E-state index in [0.29, 0.717) is 5.82 Å². The Balaban J connectivity index is 2.87. The highest BCUT2D eigenvalue weighted by Gasteiger charge is 2.02. The van der Waals surface area contributed by atoms with Crippen LogP contribution in [0.25, 0.3) is 10.9 Å². The molecular formula is C10H9ClN2. The van der Waals surface area contributed by atoms with Crippen LogP contribution in [0.5, 0.6) is 0 Å². The maximum absolute atomic E-state index is 6.10. The van der Waals surface area contributed by atoms with Gasteiger partial charge in [-0.2, -0.15) is 0 Å². The van der Waals surface area contributed by atoms with Crippen molar-refractivity contribution in [3.63, 3.8) is 0 Å². The molecule has 1 aromatic carbocycles. The van der Waals surface area contributed by atoms with Crippen LogP contribution in [0.2, 0.25) is 5.02 Å². The number of anilines is 1. The fraction of sp³-hybridized carbons (Fsp3) is 0.100. The molecule has 2 aromatic rings. The number of aryl methyl sites for hydroxylation is 1. The zero-order chi connectivity index (χ0) is 9.42. The van der Waals surface area contributed by atoms with E-state index in [1.54, 1.807) is 6.07 Å². The van der Waals surface area contributed by atoms with E-state index in [1.807, 2.05) is 25.1 Å². The van der Waals surface area contributed by atoms with Gasteiger partial charge in [-0.05, 0) is 30.7 Å². The van der Waals surface area contributed by atoms with Crippen LogP contribution in [0, 0.1) is 6.92 Å². The fourth-order valence-electron chi connectivity index (χ4n) is 1.29. The van der Waals surface area contributed by atoms with Crippen molar-refractivity contribution in [2.45, 2.75) is 6.92 Å². The molecule has 0 atom stereocenters. The summed E-state index contributed by atoms with van der Waals surface area (Å²) in [4.78, 5) is 4.17. The maximum atomic E-state index is 6.10. The minimum absolute atomic E-state index is 0.521. The lowest BCUT2D eigenvalue weighted by molar-refractivity contribution is 1.40. The van der Waals surface area contributed by atoms with E-state index >= 15 is 0 Å². The van der Waals surface area contributed by atoms with E-state index in [4.69, 9.17) is 17.3 Å². The van der Waals surface area contributed by atoms with Gasteiger partial charge in [0.05, 0.1) is 10.5 Å². The van der Waals surface area contributed by atoms with Crippen LogP contribution in [-0.2, 0) is 0 Å². The SMILES string of the molecule is Cc1ccc2nc(N)ccc2c1Cl. The van der Waals surface area contributed by atoms with E-state index < -0.39 is 0 Å². The predicted octanol–water partition coefficient (Wildman–Crippen LogP) is 2.78. The van der Waals surface area contributed by atoms with E-state index in [9.17, 15) is 0 Å². The van der Waals surface area contributed by atoms with Crippen molar-refractivity contribution in [3.05, 3.63) is 34.9 Å². The molecule has 3 heteroatoms. The number of fused-ring (bicyclic) bond motifs is 1. The summed E-state index contributed by atoms with van der Waals surface area (Å²) >= 11 is 6.10. The summed E-state index contributed by atoms with van der Waals surface area (Å²) in [6.07, 6.45) is 0. The van der Waals surface area contributed by atoms with Crippen molar-refractivity contribution < 1.29 is 0 Å². The molecule has 2 nitrogen and oxygen atoms in total. The number of benzene rings is 1. The van der Waals surface area contributed by atoms with Crippen molar-refractivity contribution in [3.8, 4) is 0 Å². The molecular weight excluding hydrogens is 184 g/mol. The van der Waals surface area contributed by atoms with E-state index in [-0.39, 0.29) is 0 Å². The van der Waals surface area contributed by atoms with Gasteiger partial charge in [0.2, 0.25) is 0 Å². The van der Waals surface area contributed by atoms with Crippen LogP contribution in [0.1, 0.15) is 5.56 Å². The third kappa shape index (κ3) is 1.33. The molecule has 1 aromatic heterocycles. The first-order valence-electron chi connectivity index (χ1n) is 4.00. The Morgan fingerprint density at radius 2 is 2.00 bits per heavy atom. The molecule has 0 bridgehead atoms. The lowest BCUT2D eigenvalue weighted by Gasteiger charge is -2.03. The molecule has 0 amide bonds. The number of nitrogens with zero attached hydrogens (tertiary/aromatic N) is 1. The number of rotatable bonds is 0. The second-order valence-corrected chi connectivity index (χ2v) is 3.38. The average molecular weight is 193 g/mol. The lowest BCUT2D eigenvalue weighted by atomic mass is 10.1. The number of halogens is 1. The van der Waals surface area contributed by atoms with Gasteiger partial charge < -0.3 is 5.73 Å². The summed E-state index contributed by atoms with van der Waals surface area (Å²) in [6, 6.07) is 7.52. The first-order valence-corrected chi connectivity index (χ1v) is 4.37. The molecule has 0 spiro atoms. The van der Waals surface area contributed by atoms with Gasteiger partial charge in [0, 0.05) is 5.39 Å². The Hall–Kier alpha value is -1.28. The minimum atomic E-state index is 0.521. The molecule has 0 saturated heterocycles. The molecule has 0 aliphatic rings. The monoisotopic (exact) mass is 192 g/mol. The topological polar surface area (TPSA) is 38.9 Å². The zero-order valence-electron chi connectivity index (χ0n) is 7.21. The van der Waals surface area contributed by atoms with Crippen LogP contribution in [0.3, 0.4) is 0 Å². The second-order valence-electron chi connectivity index (χ2n) is 3.00. The number of nitrogen functional groups attached to an aromatic ring is 1. The lowest BCUT2D eigenvalue weighted by Crippen LogP contribution is -1.90. The van der Waals surface area contributed by atoms with Crippen LogP contribution in [0.15, 0.2) is 24.3 Å². The summed E-state index contributed by atoms with van der Waals surface area (Å²) in [6.45, 7) is 1.97. The number of nitrogens with two attached hydrogens (primary N) is 1. The quantitative estimate of drug-likeness (QED) is 0.697. The summed E-state index contributed by atoms with van der Waals surface area (Å²) < 4.78 is 0. The van der Waals surface area contributed by atoms with Gasteiger partial charge >= 0.3 is 0 Å². The van der Waals surface area contributed by atoms with Gasteiger partial charge in [-0.15, -0.1) is 0 Å². The molecule has 0 aliphatic heterocycles. The van der Waals surface area contributed by atoms with Gasteiger partial charge in [0.1, 0.15) is 5.82 Å². The Kier molecular flexibility index (Phi) is 1.85. The number of pyridine rings is 1. The Morgan fingerprint density at radius 3 is 2.77 bits per heavy atom. The Bertz CT molecular complexity index is 466. The van der Waals surface area contributed by atoms with E-state index in [0.717, 1.165) is 21.5 Å². The molecule has 13 heavy (non-hydrogen) atoms. The smallest absolute Gasteiger partial charge is 0.124 e. The minimum Gasteiger partial charge on any atom is -0.384 e. The highest BCUT2D eigenvalue weighted by atomic mass is 35.5. The largest absolute Gasteiger partial charge is 0.384 e. The molecule has 0 unspecified atom stereocenters. The molecule has 2 rings (SSSR count). The Morgan fingerprint density at radius 1 is 1.23 bits per heavy atom. The third-order valence-corrected chi connectivity index (χ3v) is 2.52. The highest BCUT2D eigenvalue weighted by Crippen LogP contribution is 2.25. The van der Waals surface area contributed by atoms with Gasteiger partial charge in [0.15, 0.2) is 0 Å². The van der Waals surface area contributed by atoms with Crippen LogP contribution in [-0.4, -0.2) is 4.98 Å². The van der Waals surface area contributed by atoms with Crippen molar-refractivity contribution in [2.75, 3.05) is 5.73 Å². The number of aromatic nitrogens is 1. The first kappa shape index (κ1) is 8.32. The van der Waals surface area contributed by atoms with Crippen molar-refractivity contribution in [1.82, 2.24) is 4.98 Å². The van der Waals surface area contributed by atoms with Crippen LogP contribution < -0.4 is 5.73 Å². The van der Waals surface area contributed by atoms with Crippen molar-refractivity contribution in [1.29, 1.82) is 0 Å². The number of hydrogen-bond acceptors (Lipinski definition) is 2. The summed E-state index contributed by atoms with van der Waals surface area (Å²) in [5.74, 6) is 0.521. The predicted molar refractivity (Wildman–Crippen MR) is 55.9 cm³/mol. The molecule has 0 radical (unpaired) electrons. The maximum Gasteiger partial charge on any atom is 0.124 e. The average Bonchev–Trinajstić information content (AvgIpc) is 2.12. The van der Waals surface area contributed by atoms with Gasteiger partial charge in [-0.1, -0.05) is 17.7 Å². The standard InChI is InChI=1S/C10H9ClN2/c1-6-2-4-8-7(10(6)11)3-5-9(12)13-8/h2-5H,1H3,(H2,12,13). The molecule has 1 heterocycles. The van der Waals surface area contributed by atoms with Crippen LogP contribution in [0.4, 0.5) is 5.82 Å². The van der Waals surface area contributed by atoms with Crippen LogP contribution >= 0.6 is 11.6 Å². The molecule has 0 aliphatic carbocycles. The van der Waals surface area contributed by atoms with Gasteiger partial charge in [-0.3, -0.25) is 0 Å². The molecule has 2 N–H and O–H groups in total. The van der Waals surface area contributed by atoms with E-state index in [2.05, 4.69) is 4.98 Å². The normalized spacial score (nSPS) is 10.6. The van der Waals surface area contributed by atoms with Gasteiger partial charge in [0.25, 0.3) is 0 Å². The van der Waals surface area contributed by atoms with Crippen molar-refractivity contribution >= 4 is 28.3 Å².